The van der Waals surface area contributed by atoms with Gasteiger partial charge in [0.2, 0.25) is 0 Å². The van der Waals surface area contributed by atoms with Crippen molar-refractivity contribution in [2.24, 2.45) is 5.41 Å². The molecule has 0 spiro atoms. The number of amides is 1. The maximum atomic E-state index is 13.0. The summed E-state index contributed by atoms with van der Waals surface area (Å²) in [7, 11) is 0. The lowest BCUT2D eigenvalue weighted by molar-refractivity contribution is -0.000830. The summed E-state index contributed by atoms with van der Waals surface area (Å²) in [5.41, 5.74) is 0.805. The van der Waals surface area contributed by atoms with Crippen LogP contribution in [0.5, 0.6) is 0 Å². The number of nitrogens with zero attached hydrogens (tertiary/aromatic N) is 3. The standard InChI is InChI=1S/C17H22N4O2/c1-17-6-3-2-5-14(17)20(9-4-7-17)16(23)12-11-13-15(22)18-8-10-21(13)19-12/h8,10-11,14H,2-7,9H2,1H3,(H,18,22). The van der Waals surface area contributed by atoms with Crippen LogP contribution in [-0.4, -0.2) is 38.0 Å². The molecular weight excluding hydrogens is 292 g/mol. The Morgan fingerprint density at radius 2 is 2.17 bits per heavy atom. The lowest BCUT2D eigenvalue weighted by Gasteiger charge is -2.51. The normalized spacial score (nSPS) is 27.9. The van der Waals surface area contributed by atoms with Crippen LogP contribution < -0.4 is 5.56 Å². The van der Waals surface area contributed by atoms with E-state index in [0.29, 0.717) is 17.3 Å². The van der Waals surface area contributed by atoms with E-state index in [4.69, 9.17) is 0 Å². The first-order valence-electron chi connectivity index (χ1n) is 8.47. The summed E-state index contributed by atoms with van der Waals surface area (Å²) in [6.45, 7) is 3.12. The number of hydrogen-bond donors (Lipinski definition) is 1. The second-order valence-electron chi connectivity index (χ2n) is 7.17. The average Bonchev–Trinajstić information content (AvgIpc) is 2.98. The van der Waals surface area contributed by atoms with Crippen molar-refractivity contribution in [2.45, 2.75) is 51.5 Å². The van der Waals surface area contributed by atoms with Gasteiger partial charge in [0, 0.05) is 31.0 Å². The molecule has 1 aliphatic carbocycles. The summed E-state index contributed by atoms with van der Waals surface area (Å²) < 4.78 is 1.48. The van der Waals surface area contributed by atoms with Gasteiger partial charge < -0.3 is 9.88 Å². The van der Waals surface area contributed by atoms with Crippen molar-refractivity contribution in [1.82, 2.24) is 19.5 Å². The molecule has 6 heteroatoms. The highest BCUT2D eigenvalue weighted by Gasteiger charge is 2.44. The fourth-order valence-corrected chi connectivity index (χ4v) is 4.44. The van der Waals surface area contributed by atoms with Crippen molar-refractivity contribution < 1.29 is 4.79 Å². The number of likely N-dealkylation sites (tertiary alicyclic amines) is 1. The SMILES string of the molecule is CC12CCCCC1N(C(=O)c1cc3c(=O)[nH]ccn3n1)CCC2. The van der Waals surface area contributed by atoms with Crippen LogP contribution in [0.25, 0.3) is 5.52 Å². The van der Waals surface area contributed by atoms with Crippen LogP contribution in [0.2, 0.25) is 0 Å². The van der Waals surface area contributed by atoms with E-state index in [1.165, 1.54) is 36.4 Å². The molecule has 4 rings (SSSR count). The van der Waals surface area contributed by atoms with Gasteiger partial charge in [-0.1, -0.05) is 19.8 Å². The number of carbonyl (C=O) groups excluding carboxylic acids is 1. The fourth-order valence-electron chi connectivity index (χ4n) is 4.44. The first-order valence-corrected chi connectivity index (χ1v) is 8.47. The minimum Gasteiger partial charge on any atom is -0.334 e. The highest BCUT2D eigenvalue weighted by molar-refractivity contribution is 5.93. The predicted molar refractivity (Wildman–Crippen MR) is 86.4 cm³/mol. The molecule has 6 nitrogen and oxygen atoms in total. The number of nitrogens with one attached hydrogen (secondary N) is 1. The first-order chi connectivity index (χ1) is 11.1. The van der Waals surface area contributed by atoms with E-state index in [9.17, 15) is 9.59 Å². The summed E-state index contributed by atoms with van der Waals surface area (Å²) in [5, 5.41) is 4.31. The Labute approximate surface area is 134 Å². The van der Waals surface area contributed by atoms with Crippen molar-refractivity contribution >= 4 is 11.4 Å². The third-order valence-corrected chi connectivity index (χ3v) is 5.68. The van der Waals surface area contributed by atoms with Crippen LogP contribution in [0.4, 0.5) is 0 Å². The molecule has 23 heavy (non-hydrogen) atoms. The van der Waals surface area contributed by atoms with Gasteiger partial charge in [-0.25, -0.2) is 4.52 Å². The quantitative estimate of drug-likeness (QED) is 0.877. The number of aromatic nitrogens is 3. The van der Waals surface area contributed by atoms with Crippen LogP contribution in [0.15, 0.2) is 23.3 Å². The molecule has 3 heterocycles. The van der Waals surface area contributed by atoms with Crippen LogP contribution in [-0.2, 0) is 0 Å². The average molecular weight is 314 g/mol. The van der Waals surface area contributed by atoms with E-state index in [1.54, 1.807) is 12.3 Å². The van der Waals surface area contributed by atoms with Crippen LogP contribution in [0.1, 0.15) is 55.9 Å². The van der Waals surface area contributed by atoms with E-state index in [0.717, 1.165) is 19.4 Å². The number of fused-ring (bicyclic) bond motifs is 2. The third-order valence-electron chi connectivity index (χ3n) is 5.68. The van der Waals surface area contributed by atoms with Gasteiger partial charge in [-0.2, -0.15) is 5.10 Å². The number of piperidine rings is 1. The molecule has 1 N–H and O–H groups in total. The summed E-state index contributed by atoms with van der Waals surface area (Å²) in [6, 6.07) is 1.91. The second kappa shape index (κ2) is 5.22. The molecule has 0 bridgehead atoms. The van der Waals surface area contributed by atoms with E-state index >= 15 is 0 Å². The zero-order valence-corrected chi connectivity index (χ0v) is 13.4. The van der Waals surface area contributed by atoms with Gasteiger partial charge in [0.15, 0.2) is 5.69 Å². The molecule has 2 atom stereocenters. The van der Waals surface area contributed by atoms with Crippen molar-refractivity contribution in [1.29, 1.82) is 0 Å². The Bertz CT molecular complexity index is 804. The molecule has 1 amide bonds. The Morgan fingerprint density at radius 1 is 1.35 bits per heavy atom. The molecule has 122 valence electrons. The third kappa shape index (κ3) is 2.28. The summed E-state index contributed by atoms with van der Waals surface area (Å²) >= 11 is 0. The van der Waals surface area contributed by atoms with Gasteiger partial charge in [-0.3, -0.25) is 9.59 Å². The first kappa shape index (κ1) is 14.5. The van der Waals surface area contributed by atoms with E-state index in [1.807, 2.05) is 4.90 Å². The highest BCUT2D eigenvalue weighted by atomic mass is 16.2. The molecular formula is C17H22N4O2. The van der Waals surface area contributed by atoms with Crippen molar-refractivity contribution in [2.75, 3.05) is 6.54 Å². The molecule has 1 saturated carbocycles. The van der Waals surface area contributed by atoms with Gasteiger partial charge in [-0.15, -0.1) is 0 Å². The summed E-state index contributed by atoms with van der Waals surface area (Å²) in [6.07, 6.45) is 10.2. The zero-order valence-electron chi connectivity index (χ0n) is 13.4. The van der Waals surface area contributed by atoms with Crippen molar-refractivity contribution in [3.63, 3.8) is 0 Å². The summed E-state index contributed by atoms with van der Waals surface area (Å²) in [4.78, 5) is 29.5. The number of carbonyl (C=O) groups is 1. The number of rotatable bonds is 1. The van der Waals surface area contributed by atoms with Gasteiger partial charge in [0.05, 0.1) is 0 Å². The van der Waals surface area contributed by atoms with E-state index in [-0.39, 0.29) is 16.9 Å². The monoisotopic (exact) mass is 314 g/mol. The van der Waals surface area contributed by atoms with Gasteiger partial charge in [0.1, 0.15) is 5.52 Å². The Hall–Kier alpha value is -2.11. The molecule has 2 unspecified atom stereocenters. The van der Waals surface area contributed by atoms with E-state index < -0.39 is 0 Å². The number of H-pyrrole nitrogens is 1. The number of hydrogen-bond acceptors (Lipinski definition) is 3. The van der Waals surface area contributed by atoms with Gasteiger partial charge in [0.25, 0.3) is 11.5 Å². The maximum Gasteiger partial charge on any atom is 0.274 e. The highest BCUT2D eigenvalue weighted by Crippen LogP contribution is 2.45. The fraction of sp³-hybridized carbons (Fsp3) is 0.588. The van der Waals surface area contributed by atoms with Crippen molar-refractivity contribution in [3.8, 4) is 0 Å². The zero-order chi connectivity index (χ0) is 16.0. The molecule has 2 fully saturated rings. The molecule has 2 aromatic rings. The molecule has 0 radical (unpaired) electrons. The number of aromatic amines is 1. The smallest absolute Gasteiger partial charge is 0.274 e. The van der Waals surface area contributed by atoms with Gasteiger partial charge in [-0.05, 0) is 31.1 Å². The maximum absolute atomic E-state index is 13.0. The van der Waals surface area contributed by atoms with Crippen LogP contribution >= 0.6 is 0 Å². The van der Waals surface area contributed by atoms with E-state index in [2.05, 4.69) is 17.0 Å². The van der Waals surface area contributed by atoms with Crippen LogP contribution in [0.3, 0.4) is 0 Å². The molecule has 1 saturated heterocycles. The summed E-state index contributed by atoms with van der Waals surface area (Å²) in [5.74, 6) is -0.0362. The topological polar surface area (TPSA) is 70.5 Å². The minimum absolute atomic E-state index is 0.0362. The molecule has 1 aliphatic heterocycles. The van der Waals surface area contributed by atoms with Crippen LogP contribution in [0, 0.1) is 5.41 Å². The molecule has 2 aliphatic rings. The Morgan fingerprint density at radius 3 is 3.00 bits per heavy atom. The van der Waals surface area contributed by atoms with Crippen molar-refractivity contribution in [3.05, 3.63) is 34.5 Å². The molecule has 0 aromatic carbocycles. The van der Waals surface area contributed by atoms with Gasteiger partial charge >= 0.3 is 0 Å². The second-order valence-corrected chi connectivity index (χ2v) is 7.17. The molecule has 2 aromatic heterocycles. The Balaban J connectivity index is 1.69. The Kier molecular flexibility index (Phi) is 3.28. The lowest BCUT2D eigenvalue weighted by Crippen LogP contribution is -2.54. The minimum atomic E-state index is -0.222. The predicted octanol–water partition coefficient (Wildman–Crippen LogP) is 2.21. The lowest BCUT2D eigenvalue weighted by atomic mass is 9.66. The largest absolute Gasteiger partial charge is 0.334 e.